The molecule has 6 heteroatoms. The smallest absolute Gasteiger partial charge is 0.225 e. The van der Waals surface area contributed by atoms with Crippen LogP contribution in [0, 0.1) is 17.1 Å². The predicted molar refractivity (Wildman–Crippen MR) is 108 cm³/mol. The molecule has 3 unspecified atom stereocenters. The summed E-state index contributed by atoms with van der Waals surface area (Å²) < 4.78 is 16.7. The van der Waals surface area contributed by atoms with Crippen molar-refractivity contribution in [3.05, 3.63) is 113 Å². The Morgan fingerprint density at radius 3 is 2.28 bits per heavy atom. The van der Waals surface area contributed by atoms with Gasteiger partial charge in [0.15, 0.2) is 12.4 Å². The predicted octanol–water partition coefficient (Wildman–Crippen LogP) is 3.17. The first kappa shape index (κ1) is 19.1. The van der Waals surface area contributed by atoms with Crippen LogP contribution in [-0.2, 0) is 18.4 Å². The molecule has 4 rings (SSSR count). The number of nitrogens with one attached hydrogen (secondary N) is 1. The number of aromatic nitrogens is 1. The molecular formula is C23H18FN3OS. The van der Waals surface area contributed by atoms with E-state index in [4.69, 9.17) is 12.6 Å². The minimum Gasteiger partial charge on any atom is -0.762 e. The van der Waals surface area contributed by atoms with Gasteiger partial charge in [0.1, 0.15) is 5.82 Å². The highest BCUT2D eigenvalue weighted by molar-refractivity contribution is 7.63. The molecule has 3 aromatic rings. The van der Waals surface area contributed by atoms with Crippen molar-refractivity contribution >= 4 is 12.6 Å². The zero-order chi connectivity index (χ0) is 20.4. The van der Waals surface area contributed by atoms with Crippen molar-refractivity contribution in [1.29, 1.82) is 5.26 Å². The lowest BCUT2D eigenvalue weighted by Crippen LogP contribution is -2.62. The van der Waals surface area contributed by atoms with E-state index < -0.39 is 23.5 Å². The van der Waals surface area contributed by atoms with E-state index in [1.807, 2.05) is 36.4 Å². The molecule has 144 valence electrons. The molecule has 1 aromatic heterocycles. The van der Waals surface area contributed by atoms with Crippen LogP contribution in [0.4, 0.5) is 4.39 Å². The Hall–Kier alpha value is -3.27. The molecule has 0 saturated carbocycles. The fourth-order valence-electron chi connectivity index (χ4n) is 3.95. The van der Waals surface area contributed by atoms with Crippen molar-refractivity contribution in [2.75, 3.05) is 0 Å². The van der Waals surface area contributed by atoms with Crippen molar-refractivity contribution < 1.29 is 14.1 Å². The summed E-state index contributed by atoms with van der Waals surface area (Å²) in [6.07, 6.45) is 3.58. The average Bonchev–Trinajstić information content (AvgIpc) is 2.75. The lowest BCUT2D eigenvalue weighted by molar-refractivity contribution is -0.743. The Kier molecular flexibility index (Phi) is 5.01. The SMILES string of the molecule is N#CC1=C([S-])NC(O)(c2ccccc2)C([n+]2ccccc2)C1c1ccccc1F. The van der Waals surface area contributed by atoms with Gasteiger partial charge in [-0.05, 0) is 6.07 Å². The number of nitrogens with zero attached hydrogens (tertiary/aromatic N) is 2. The summed E-state index contributed by atoms with van der Waals surface area (Å²) in [5.74, 6) is -1.24. The zero-order valence-electron chi connectivity index (χ0n) is 15.4. The zero-order valence-corrected chi connectivity index (χ0v) is 16.2. The van der Waals surface area contributed by atoms with Gasteiger partial charge in [0.05, 0.1) is 12.0 Å². The topological polar surface area (TPSA) is 59.9 Å². The van der Waals surface area contributed by atoms with Gasteiger partial charge in [-0.3, -0.25) is 0 Å². The summed E-state index contributed by atoms with van der Waals surface area (Å²) in [7, 11) is 0. The Bertz CT molecular complexity index is 1100. The third-order valence-electron chi connectivity index (χ3n) is 5.24. The molecule has 4 nitrogen and oxygen atoms in total. The van der Waals surface area contributed by atoms with Crippen molar-refractivity contribution in [3.8, 4) is 6.07 Å². The van der Waals surface area contributed by atoms with Gasteiger partial charge < -0.3 is 23.1 Å². The summed E-state index contributed by atoms with van der Waals surface area (Å²) in [4.78, 5) is 0. The first-order valence-corrected chi connectivity index (χ1v) is 9.54. The van der Waals surface area contributed by atoms with E-state index in [1.165, 1.54) is 6.07 Å². The number of rotatable bonds is 3. The summed E-state index contributed by atoms with van der Waals surface area (Å²) >= 11 is 5.44. The maximum Gasteiger partial charge on any atom is 0.225 e. The van der Waals surface area contributed by atoms with Crippen molar-refractivity contribution in [2.24, 2.45) is 0 Å². The van der Waals surface area contributed by atoms with Crippen molar-refractivity contribution in [3.63, 3.8) is 0 Å². The Morgan fingerprint density at radius 2 is 1.62 bits per heavy atom. The number of pyridine rings is 1. The molecule has 2 aromatic carbocycles. The summed E-state index contributed by atoms with van der Waals surface area (Å²) in [6, 6.07) is 22.2. The van der Waals surface area contributed by atoms with E-state index in [2.05, 4.69) is 11.4 Å². The van der Waals surface area contributed by atoms with Crippen LogP contribution < -0.4 is 9.88 Å². The fourth-order valence-corrected chi connectivity index (χ4v) is 4.28. The number of aliphatic hydroxyl groups is 1. The maximum atomic E-state index is 14.9. The molecule has 0 bridgehead atoms. The second kappa shape index (κ2) is 7.63. The van der Waals surface area contributed by atoms with Gasteiger partial charge in [0, 0.05) is 28.8 Å². The lowest BCUT2D eigenvalue weighted by Gasteiger charge is -2.45. The number of halogens is 1. The van der Waals surface area contributed by atoms with Crippen LogP contribution in [0.25, 0.3) is 0 Å². The monoisotopic (exact) mass is 403 g/mol. The van der Waals surface area contributed by atoms with Gasteiger partial charge in [-0.25, -0.2) is 4.39 Å². The molecule has 2 heterocycles. The summed E-state index contributed by atoms with van der Waals surface area (Å²) in [5.41, 5.74) is -0.560. The normalized spacial score (nSPS) is 23.9. The second-order valence-electron chi connectivity index (χ2n) is 6.88. The first-order valence-electron chi connectivity index (χ1n) is 9.14. The van der Waals surface area contributed by atoms with Gasteiger partial charge in [0.2, 0.25) is 11.8 Å². The molecule has 0 saturated heterocycles. The van der Waals surface area contributed by atoms with Crippen LogP contribution in [0.5, 0.6) is 0 Å². The van der Waals surface area contributed by atoms with E-state index in [0.29, 0.717) is 11.1 Å². The Labute approximate surface area is 174 Å². The Morgan fingerprint density at radius 1 is 1.00 bits per heavy atom. The molecule has 0 fully saturated rings. The van der Waals surface area contributed by atoms with Crippen LogP contribution in [-0.4, -0.2) is 5.11 Å². The third kappa shape index (κ3) is 3.25. The van der Waals surface area contributed by atoms with Gasteiger partial charge in [0.25, 0.3) is 0 Å². The number of hydrogen-bond donors (Lipinski definition) is 2. The number of allylic oxidation sites excluding steroid dienone is 1. The van der Waals surface area contributed by atoms with Gasteiger partial charge in [-0.2, -0.15) is 9.83 Å². The molecule has 1 aliphatic rings. The third-order valence-corrected chi connectivity index (χ3v) is 5.56. The van der Waals surface area contributed by atoms with Gasteiger partial charge in [-0.15, -0.1) is 0 Å². The standard InChI is InChI=1S/C23H18FN3OS/c24-19-12-6-5-11-17(19)20-18(15-25)22(29)26-23(28,16-9-3-1-4-10-16)21(20)27-13-7-2-8-14-27/h1-14,20-21,26,28H. The molecule has 29 heavy (non-hydrogen) atoms. The molecular weight excluding hydrogens is 385 g/mol. The highest BCUT2D eigenvalue weighted by atomic mass is 32.1. The van der Waals surface area contributed by atoms with E-state index in [0.717, 1.165) is 0 Å². The average molecular weight is 403 g/mol. The van der Waals surface area contributed by atoms with E-state index >= 15 is 0 Å². The van der Waals surface area contributed by atoms with Crippen LogP contribution in [0.2, 0.25) is 0 Å². The van der Waals surface area contributed by atoms with E-state index in [1.54, 1.807) is 47.3 Å². The van der Waals surface area contributed by atoms with Gasteiger partial charge in [-0.1, -0.05) is 59.6 Å². The molecule has 0 radical (unpaired) electrons. The molecule has 1 aliphatic heterocycles. The fraction of sp³-hybridized carbons (Fsp3) is 0.130. The Balaban J connectivity index is 2.03. The maximum absolute atomic E-state index is 14.9. The minimum atomic E-state index is -1.66. The first-order chi connectivity index (χ1) is 14.1. The molecule has 0 amide bonds. The molecule has 3 atom stereocenters. The molecule has 2 N–H and O–H groups in total. The van der Waals surface area contributed by atoms with Crippen molar-refractivity contribution in [2.45, 2.75) is 17.7 Å². The van der Waals surface area contributed by atoms with Gasteiger partial charge >= 0.3 is 0 Å². The summed E-state index contributed by atoms with van der Waals surface area (Å²) in [6.45, 7) is 0. The highest BCUT2D eigenvalue weighted by Crippen LogP contribution is 2.47. The van der Waals surface area contributed by atoms with Crippen molar-refractivity contribution in [1.82, 2.24) is 5.32 Å². The highest BCUT2D eigenvalue weighted by Gasteiger charge is 2.54. The van der Waals surface area contributed by atoms with E-state index in [-0.39, 0.29) is 10.6 Å². The van der Waals surface area contributed by atoms with Crippen LogP contribution in [0.1, 0.15) is 23.1 Å². The molecule has 0 spiro atoms. The molecule has 0 aliphatic carbocycles. The minimum absolute atomic E-state index is 0.111. The van der Waals surface area contributed by atoms with Crippen LogP contribution in [0.15, 0.2) is 95.8 Å². The quantitative estimate of drug-likeness (QED) is 0.521. The second-order valence-corrected chi connectivity index (χ2v) is 7.29. The largest absolute Gasteiger partial charge is 0.762 e. The number of hydrogen-bond acceptors (Lipinski definition) is 4. The van der Waals surface area contributed by atoms with Crippen LogP contribution >= 0.6 is 0 Å². The van der Waals surface area contributed by atoms with E-state index in [9.17, 15) is 14.8 Å². The number of benzene rings is 2. The number of nitriles is 1. The summed E-state index contributed by atoms with van der Waals surface area (Å²) in [5, 5.41) is 24.8. The lowest BCUT2D eigenvalue weighted by atomic mass is 9.75. The van der Waals surface area contributed by atoms with Crippen LogP contribution in [0.3, 0.4) is 0 Å².